The average Bonchev–Trinajstić information content (AvgIpc) is 2.84. The fourth-order valence-electron chi connectivity index (χ4n) is 2.62. The SMILES string of the molecule is CCC(=O)[C@@H]1CCCN1[C@H](C)C(=O)[C@@H](N)CC(N)=O. The van der Waals surface area contributed by atoms with Crippen molar-refractivity contribution in [2.45, 2.75) is 57.7 Å². The number of rotatable bonds is 7. The van der Waals surface area contributed by atoms with Crippen molar-refractivity contribution in [2.75, 3.05) is 6.54 Å². The van der Waals surface area contributed by atoms with Crippen LogP contribution in [0.1, 0.15) is 39.5 Å². The Hall–Kier alpha value is -1.27. The summed E-state index contributed by atoms with van der Waals surface area (Å²) in [5.41, 5.74) is 10.7. The van der Waals surface area contributed by atoms with Crippen LogP contribution in [0.2, 0.25) is 0 Å². The first-order valence-corrected chi connectivity index (χ1v) is 6.74. The van der Waals surface area contributed by atoms with E-state index in [1.807, 2.05) is 11.8 Å². The molecule has 0 unspecified atom stereocenters. The fraction of sp³-hybridized carbons (Fsp3) is 0.769. The van der Waals surface area contributed by atoms with E-state index in [0.29, 0.717) is 13.0 Å². The Labute approximate surface area is 113 Å². The lowest BCUT2D eigenvalue weighted by atomic mass is 10.0. The number of nitrogens with zero attached hydrogens (tertiary/aromatic N) is 1. The van der Waals surface area contributed by atoms with Crippen LogP contribution in [-0.4, -0.2) is 47.0 Å². The van der Waals surface area contributed by atoms with E-state index in [2.05, 4.69) is 0 Å². The molecule has 0 aromatic rings. The van der Waals surface area contributed by atoms with Gasteiger partial charge in [0.1, 0.15) is 5.78 Å². The van der Waals surface area contributed by atoms with Crippen LogP contribution in [0.25, 0.3) is 0 Å². The highest BCUT2D eigenvalue weighted by Crippen LogP contribution is 2.22. The Balaban J connectivity index is 2.70. The number of carbonyl (C=O) groups is 3. The number of hydrogen-bond acceptors (Lipinski definition) is 5. The fourth-order valence-corrected chi connectivity index (χ4v) is 2.62. The number of amides is 1. The van der Waals surface area contributed by atoms with E-state index in [1.54, 1.807) is 6.92 Å². The van der Waals surface area contributed by atoms with Crippen molar-refractivity contribution in [1.29, 1.82) is 0 Å². The number of nitrogens with two attached hydrogens (primary N) is 2. The van der Waals surface area contributed by atoms with E-state index >= 15 is 0 Å². The molecule has 0 aliphatic carbocycles. The number of primary amides is 1. The third kappa shape index (κ3) is 3.84. The molecule has 0 aromatic carbocycles. The summed E-state index contributed by atoms with van der Waals surface area (Å²) in [6.07, 6.45) is 2.01. The van der Waals surface area contributed by atoms with Gasteiger partial charge in [-0.25, -0.2) is 0 Å². The molecule has 1 aliphatic rings. The van der Waals surface area contributed by atoms with Gasteiger partial charge in [0.2, 0.25) is 5.91 Å². The molecule has 1 fully saturated rings. The second kappa shape index (κ2) is 6.77. The van der Waals surface area contributed by atoms with Gasteiger partial charge in [-0.05, 0) is 26.3 Å². The van der Waals surface area contributed by atoms with Crippen LogP contribution in [0.4, 0.5) is 0 Å². The summed E-state index contributed by atoms with van der Waals surface area (Å²) in [6, 6.07) is -1.52. The molecule has 3 atom stereocenters. The first kappa shape index (κ1) is 15.8. The number of Topliss-reactive ketones (excluding diaryl/α,β-unsaturated/α-hetero) is 2. The third-order valence-corrected chi connectivity index (χ3v) is 3.71. The Morgan fingerprint density at radius 2 is 2.00 bits per heavy atom. The van der Waals surface area contributed by atoms with Crippen LogP contribution < -0.4 is 11.5 Å². The zero-order valence-electron chi connectivity index (χ0n) is 11.6. The number of likely N-dealkylation sites (tertiary alicyclic amines) is 1. The van der Waals surface area contributed by atoms with Crippen LogP contribution in [-0.2, 0) is 14.4 Å². The summed E-state index contributed by atoms with van der Waals surface area (Å²) in [4.78, 5) is 36.7. The van der Waals surface area contributed by atoms with Crippen molar-refractivity contribution >= 4 is 17.5 Å². The highest BCUT2D eigenvalue weighted by molar-refractivity contribution is 5.93. The molecule has 0 radical (unpaired) electrons. The van der Waals surface area contributed by atoms with Crippen LogP contribution in [0, 0.1) is 0 Å². The molecular formula is C13H23N3O3. The average molecular weight is 269 g/mol. The van der Waals surface area contributed by atoms with Crippen molar-refractivity contribution in [3.8, 4) is 0 Å². The predicted molar refractivity (Wildman–Crippen MR) is 71.3 cm³/mol. The Bertz CT molecular complexity index is 370. The van der Waals surface area contributed by atoms with E-state index in [4.69, 9.17) is 11.5 Å². The minimum absolute atomic E-state index is 0.149. The molecule has 19 heavy (non-hydrogen) atoms. The maximum Gasteiger partial charge on any atom is 0.219 e. The largest absolute Gasteiger partial charge is 0.370 e. The van der Waals surface area contributed by atoms with Gasteiger partial charge >= 0.3 is 0 Å². The first-order chi connectivity index (χ1) is 8.88. The van der Waals surface area contributed by atoms with Gasteiger partial charge < -0.3 is 11.5 Å². The summed E-state index contributed by atoms with van der Waals surface area (Å²) in [5, 5.41) is 0. The maximum absolute atomic E-state index is 12.1. The highest BCUT2D eigenvalue weighted by Gasteiger charge is 2.36. The van der Waals surface area contributed by atoms with Gasteiger partial charge in [0.15, 0.2) is 5.78 Å². The molecule has 0 saturated carbocycles. The van der Waals surface area contributed by atoms with Gasteiger partial charge in [-0.2, -0.15) is 0 Å². The van der Waals surface area contributed by atoms with Crippen molar-refractivity contribution in [2.24, 2.45) is 11.5 Å². The van der Waals surface area contributed by atoms with E-state index in [0.717, 1.165) is 12.8 Å². The smallest absolute Gasteiger partial charge is 0.219 e. The third-order valence-electron chi connectivity index (χ3n) is 3.71. The molecule has 0 spiro atoms. The van der Waals surface area contributed by atoms with Crippen LogP contribution in [0.3, 0.4) is 0 Å². The van der Waals surface area contributed by atoms with Gasteiger partial charge in [-0.15, -0.1) is 0 Å². The minimum Gasteiger partial charge on any atom is -0.370 e. The summed E-state index contributed by atoms with van der Waals surface area (Å²) in [6.45, 7) is 4.28. The van der Waals surface area contributed by atoms with Gasteiger partial charge in [-0.1, -0.05) is 6.92 Å². The van der Waals surface area contributed by atoms with Crippen molar-refractivity contribution in [3.63, 3.8) is 0 Å². The van der Waals surface area contributed by atoms with Crippen molar-refractivity contribution < 1.29 is 14.4 Å². The van der Waals surface area contributed by atoms with Crippen LogP contribution >= 0.6 is 0 Å². The zero-order valence-corrected chi connectivity index (χ0v) is 11.6. The van der Waals surface area contributed by atoms with E-state index in [1.165, 1.54) is 0 Å². The lowest BCUT2D eigenvalue weighted by Gasteiger charge is -2.30. The van der Waals surface area contributed by atoms with Gasteiger partial charge in [0.05, 0.1) is 18.1 Å². The summed E-state index contributed by atoms with van der Waals surface area (Å²) >= 11 is 0. The highest BCUT2D eigenvalue weighted by atomic mass is 16.2. The number of hydrogen-bond donors (Lipinski definition) is 2. The molecule has 4 N–H and O–H groups in total. The molecule has 1 rings (SSSR count). The number of ketones is 2. The Morgan fingerprint density at radius 1 is 1.37 bits per heavy atom. The normalized spacial score (nSPS) is 23.0. The standard InChI is InChI=1S/C13H23N3O3/c1-3-11(17)10-5-4-6-16(10)8(2)13(19)9(14)7-12(15)18/h8-10H,3-7,14H2,1-2H3,(H2,15,18)/t8-,9+,10+/m1/s1. The maximum atomic E-state index is 12.1. The molecule has 0 aromatic heterocycles. The van der Waals surface area contributed by atoms with E-state index in [-0.39, 0.29) is 24.0 Å². The number of carbonyl (C=O) groups excluding carboxylic acids is 3. The summed E-state index contributed by atoms with van der Waals surface area (Å²) < 4.78 is 0. The molecule has 1 amide bonds. The van der Waals surface area contributed by atoms with E-state index in [9.17, 15) is 14.4 Å². The Morgan fingerprint density at radius 3 is 2.53 bits per heavy atom. The molecule has 6 nitrogen and oxygen atoms in total. The zero-order chi connectivity index (χ0) is 14.6. The monoisotopic (exact) mass is 269 g/mol. The summed E-state index contributed by atoms with van der Waals surface area (Å²) in [7, 11) is 0. The molecule has 1 heterocycles. The van der Waals surface area contributed by atoms with Crippen molar-refractivity contribution in [1.82, 2.24) is 4.90 Å². The lowest BCUT2D eigenvalue weighted by molar-refractivity contribution is -0.131. The van der Waals surface area contributed by atoms with Crippen LogP contribution in [0.15, 0.2) is 0 Å². The second-order valence-electron chi connectivity index (χ2n) is 5.07. The van der Waals surface area contributed by atoms with Gasteiger partial charge in [-0.3, -0.25) is 19.3 Å². The summed E-state index contributed by atoms with van der Waals surface area (Å²) in [5.74, 6) is -0.661. The molecule has 0 bridgehead atoms. The first-order valence-electron chi connectivity index (χ1n) is 6.74. The van der Waals surface area contributed by atoms with Gasteiger partial charge in [0.25, 0.3) is 0 Å². The Kier molecular flexibility index (Phi) is 5.62. The molecule has 1 aliphatic heterocycles. The predicted octanol–water partition coefficient (Wildman–Crippen LogP) is -0.410. The van der Waals surface area contributed by atoms with Gasteiger partial charge in [0, 0.05) is 12.8 Å². The van der Waals surface area contributed by atoms with E-state index < -0.39 is 18.0 Å². The lowest BCUT2D eigenvalue weighted by Crippen LogP contribution is -2.51. The molecule has 1 saturated heterocycles. The molecular weight excluding hydrogens is 246 g/mol. The van der Waals surface area contributed by atoms with Crippen molar-refractivity contribution in [3.05, 3.63) is 0 Å². The molecule has 6 heteroatoms. The molecule has 108 valence electrons. The topological polar surface area (TPSA) is 106 Å². The quantitative estimate of drug-likeness (QED) is 0.653. The van der Waals surface area contributed by atoms with Crippen LogP contribution in [0.5, 0.6) is 0 Å². The minimum atomic E-state index is -0.884. The second-order valence-corrected chi connectivity index (χ2v) is 5.07.